The van der Waals surface area contributed by atoms with Crippen molar-refractivity contribution in [1.29, 1.82) is 0 Å². The summed E-state index contributed by atoms with van der Waals surface area (Å²) in [5.41, 5.74) is 1.23. The fourth-order valence-corrected chi connectivity index (χ4v) is 1.66. The Kier molecular flexibility index (Phi) is 6.74. The second-order valence-corrected chi connectivity index (χ2v) is 4.31. The van der Waals surface area contributed by atoms with Crippen molar-refractivity contribution in [2.45, 2.75) is 13.5 Å². The van der Waals surface area contributed by atoms with Crippen molar-refractivity contribution >= 4 is 12.4 Å². The minimum atomic E-state index is -5.04. The van der Waals surface area contributed by atoms with Crippen molar-refractivity contribution in [2.24, 2.45) is 0 Å². The van der Waals surface area contributed by atoms with Gasteiger partial charge in [-0.05, 0) is 18.6 Å². The van der Waals surface area contributed by atoms with Crippen LogP contribution in [0.5, 0.6) is 5.75 Å². The maximum absolute atomic E-state index is 12.6. The Hall–Kier alpha value is -0.339. The molecule has 0 atom stereocenters. The molecule has 0 saturated heterocycles. The van der Waals surface area contributed by atoms with Crippen LogP contribution in [0.3, 0.4) is 0 Å². The molecule has 0 fully saturated rings. The van der Waals surface area contributed by atoms with Crippen LogP contribution in [0, 0.1) is 6.92 Å². The summed E-state index contributed by atoms with van der Waals surface area (Å²) in [7, 11) is 0. The summed E-state index contributed by atoms with van der Waals surface area (Å²) in [5, 5.41) is 0. The van der Waals surface area contributed by atoms with E-state index >= 15 is 0 Å². The number of hydrogen-bond acceptors (Lipinski definition) is 2. The number of rotatable bonds is 4. The summed E-state index contributed by atoms with van der Waals surface area (Å²) in [5.74, 6) is 0.123. The summed E-state index contributed by atoms with van der Waals surface area (Å²) in [6.07, 6.45) is 2.08. The second kappa shape index (κ2) is 7.61. The quantitative estimate of drug-likeness (QED) is 0.744. The van der Waals surface area contributed by atoms with E-state index in [1.165, 1.54) is 6.20 Å². The largest absolute Gasteiger partial charge is 1.00 e. The Morgan fingerprint density at radius 2 is 1.90 bits per heavy atom. The molecule has 0 aliphatic rings. The third-order valence-electron chi connectivity index (χ3n) is 2.60. The van der Waals surface area contributed by atoms with Gasteiger partial charge >= 0.3 is 58.4 Å². The molecule has 0 bridgehead atoms. The van der Waals surface area contributed by atoms with E-state index in [1.54, 1.807) is 0 Å². The van der Waals surface area contributed by atoms with Crippen molar-refractivity contribution in [1.82, 2.24) is 4.98 Å². The Bertz CT molecular complexity index is 578. The van der Waals surface area contributed by atoms with Crippen LogP contribution < -0.4 is 61.6 Å². The van der Waals surface area contributed by atoms with Crippen LogP contribution in [0.15, 0.2) is 42.7 Å². The van der Waals surface area contributed by atoms with Gasteiger partial charge in [0.2, 0.25) is 0 Å². The summed E-state index contributed by atoms with van der Waals surface area (Å²) in [6, 6.07) is 8.57. The average Bonchev–Trinajstić information content (AvgIpc) is 2.36. The second-order valence-electron chi connectivity index (χ2n) is 4.31. The van der Waals surface area contributed by atoms with Gasteiger partial charge in [-0.15, -0.1) is 0 Å². The van der Waals surface area contributed by atoms with E-state index in [9.17, 15) is 12.9 Å². The van der Waals surface area contributed by atoms with E-state index in [1.807, 2.05) is 31.2 Å². The van der Waals surface area contributed by atoms with Gasteiger partial charge in [0.1, 0.15) is 12.4 Å². The van der Waals surface area contributed by atoms with Crippen molar-refractivity contribution in [2.75, 3.05) is 0 Å². The first kappa shape index (κ1) is 17.7. The normalized spacial score (nSPS) is 10.8. The van der Waals surface area contributed by atoms with Gasteiger partial charge in [-0.3, -0.25) is 4.98 Å². The molecule has 0 aliphatic carbocycles. The molecular formula is C13H12BF3KNO. The van der Waals surface area contributed by atoms with Gasteiger partial charge in [-0.1, -0.05) is 35.3 Å². The Morgan fingerprint density at radius 3 is 2.55 bits per heavy atom. The molecule has 100 valence electrons. The molecule has 0 radical (unpaired) electrons. The molecule has 0 unspecified atom stereocenters. The molecule has 7 heteroatoms. The molecular weight excluding hydrogens is 293 g/mol. The minimum absolute atomic E-state index is 0. The number of halogens is 3. The van der Waals surface area contributed by atoms with Gasteiger partial charge in [0.25, 0.3) is 0 Å². The number of aryl methyl sites for hydroxylation is 1. The molecule has 0 aliphatic heterocycles. The van der Waals surface area contributed by atoms with Gasteiger partial charge in [-0.25, -0.2) is 0 Å². The zero-order valence-corrected chi connectivity index (χ0v) is 14.4. The van der Waals surface area contributed by atoms with E-state index in [0.717, 1.165) is 23.4 Å². The predicted molar refractivity (Wildman–Crippen MR) is 68.5 cm³/mol. The van der Waals surface area contributed by atoms with Crippen LogP contribution >= 0.6 is 0 Å². The van der Waals surface area contributed by atoms with Crippen LogP contribution in [0.4, 0.5) is 12.9 Å². The van der Waals surface area contributed by atoms with Gasteiger partial charge in [0.05, 0.1) is 6.20 Å². The van der Waals surface area contributed by atoms with Crippen LogP contribution in [0.2, 0.25) is 0 Å². The smallest absolute Gasteiger partial charge is 0.487 e. The standard InChI is InChI=1S/C13H12BF3NO.K/c1-10-3-2-4-11(5-10)9-19-13-6-12(7-18-8-13)14(15,16)17;/h2-8H,9H2,1H3;/q-1;+1. The van der Waals surface area contributed by atoms with Gasteiger partial charge in [0.15, 0.2) is 0 Å². The molecule has 1 aromatic heterocycles. The van der Waals surface area contributed by atoms with Crippen molar-refractivity contribution < 1.29 is 69.1 Å². The number of ether oxygens (including phenoxy) is 1. The number of hydrogen-bond donors (Lipinski definition) is 0. The molecule has 2 nitrogen and oxygen atoms in total. The minimum Gasteiger partial charge on any atom is -0.487 e. The first-order valence-corrected chi connectivity index (χ1v) is 5.78. The van der Waals surface area contributed by atoms with Gasteiger partial charge < -0.3 is 17.7 Å². The number of benzene rings is 1. The number of aromatic nitrogens is 1. The SMILES string of the molecule is Cc1cccc(COc2cncc([B-](F)(F)F)c2)c1.[K+]. The number of pyridine rings is 1. The molecule has 0 saturated carbocycles. The number of nitrogens with zero attached hydrogens (tertiary/aromatic N) is 1. The summed E-state index contributed by atoms with van der Waals surface area (Å²) >= 11 is 0. The first-order valence-electron chi connectivity index (χ1n) is 5.78. The van der Waals surface area contributed by atoms with Crippen molar-refractivity contribution in [3.63, 3.8) is 0 Å². The fraction of sp³-hybridized carbons (Fsp3) is 0.154. The predicted octanol–water partition coefficient (Wildman–Crippen LogP) is 0.0274. The van der Waals surface area contributed by atoms with E-state index < -0.39 is 12.4 Å². The maximum Gasteiger partial charge on any atom is 1.00 e. The van der Waals surface area contributed by atoms with E-state index in [2.05, 4.69) is 4.98 Å². The average molecular weight is 305 g/mol. The molecule has 20 heavy (non-hydrogen) atoms. The van der Waals surface area contributed by atoms with E-state index in [-0.39, 0.29) is 63.7 Å². The van der Waals surface area contributed by atoms with Crippen LogP contribution in [0.25, 0.3) is 0 Å². The van der Waals surface area contributed by atoms with Gasteiger partial charge in [-0.2, -0.15) is 0 Å². The van der Waals surface area contributed by atoms with E-state index in [4.69, 9.17) is 4.74 Å². The van der Waals surface area contributed by atoms with Crippen molar-refractivity contribution in [3.8, 4) is 5.75 Å². The zero-order valence-electron chi connectivity index (χ0n) is 11.3. The van der Waals surface area contributed by atoms with Crippen LogP contribution in [-0.4, -0.2) is 12.0 Å². The molecule has 1 heterocycles. The summed E-state index contributed by atoms with van der Waals surface area (Å²) in [6.45, 7) is -2.88. The molecule has 2 aromatic rings. The molecule has 0 N–H and O–H groups in total. The van der Waals surface area contributed by atoms with Crippen molar-refractivity contribution in [3.05, 3.63) is 53.9 Å². The Balaban J connectivity index is 0.00000200. The van der Waals surface area contributed by atoms with Crippen LogP contribution in [0.1, 0.15) is 11.1 Å². The Labute approximate surface area is 158 Å². The Morgan fingerprint density at radius 1 is 1.15 bits per heavy atom. The fourth-order valence-electron chi connectivity index (χ4n) is 1.66. The third-order valence-corrected chi connectivity index (χ3v) is 2.60. The molecule has 1 aromatic carbocycles. The van der Waals surface area contributed by atoms with Crippen LogP contribution in [-0.2, 0) is 6.61 Å². The summed E-state index contributed by atoms with van der Waals surface area (Å²) in [4.78, 5) is 3.55. The van der Waals surface area contributed by atoms with E-state index in [0.29, 0.717) is 0 Å². The molecule has 2 rings (SSSR count). The maximum atomic E-state index is 12.6. The zero-order chi connectivity index (χ0) is 13.9. The first-order chi connectivity index (χ1) is 8.95. The topological polar surface area (TPSA) is 22.1 Å². The third kappa shape index (κ3) is 5.22. The monoisotopic (exact) mass is 305 g/mol. The molecule has 0 spiro atoms. The summed E-state index contributed by atoms with van der Waals surface area (Å²) < 4.78 is 43.0. The van der Waals surface area contributed by atoms with Gasteiger partial charge in [0, 0.05) is 6.20 Å². The molecule has 0 amide bonds.